The number of ether oxygens (including phenoxy) is 1. The maximum atomic E-state index is 14.0. The van der Waals surface area contributed by atoms with E-state index in [1.807, 2.05) is 21.9 Å². The second-order valence-electron chi connectivity index (χ2n) is 9.56. The van der Waals surface area contributed by atoms with Crippen molar-refractivity contribution in [3.05, 3.63) is 53.5 Å². The van der Waals surface area contributed by atoms with Gasteiger partial charge in [0.05, 0.1) is 12.6 Å². The zero-order chi connectivity index (χ0) is 25.1. The monoisotopic (exact) mass is 491 g/mol. The van der Waals surface area contributed by atoms with Gasteiger partial charge in [-0.25, -0.2) is 14.6 Å². The van der Waals surface area contributed by atoms with Gasteiger partial charge in [-0.1, -0.05) is 23.4 Å². The molecule has 2 aliphatic heterocycles. The van der Waals surface area contributed by atoms with Crippen molar-refractivity contribution in [2.45, 2.75) is 51.5 Å². The summed E-state index contributed by atoms with van der Waals surface area (Å²) in [5.41, 5.74) is 1.30. The number of rotatable bonds is 5. The topological polar surface area (TPSA) is 101 Å². The van der Waals surface area contributed by atoms with Gasteiger partial charge in [0.15, 0.2) is 5.69 Å². The average Bonchev–Trinajstić information content (AvgIpc) is 3.41. The molecule has 9 heteroatoms. The highest BCUT2D eigenvalue weighted by molar-refractivity contribution is 6.03. The van der Waals surface area contributed by atoms with Crippen molar-refractivity contribution in [3.8, 4) is 0 Å². The molecule has 3 aromatic rings. The molecule has 9 nitrogen and oxygen atoms in total. The summed E-state index contributed by atoms with van der Waals surface area (Å²) in [6, 6.07) is 9.89. The highest BCUT2D eigenvalue weighted by Gasteiger charge is 2.35. The average molecular weight is 492 g/mol. The SMILES string of the molecule is CCOC(=O)c1cc(C2CCN(C(=O)N(c3nccc4cccc(C)c34)[C@@H]3CCCNC3)CC2)on1. The summed E-state index contributed by atoms with van der Waals surface area (Å²) in [6.07, 6.45) is 5.23. The number of pyridine rings is 1. The predicted octanol–water partition coefficient (Wildman–Crippen LogP) is 4.27. The first kappa shape index (κ1) is 24.2. The number of nitrogens with one attached hydrogen (secondary N) is 1. The zero-order valence-corrected chi connectivity index (χ0v) is 20.9. The molecular formula is C27H33N5O4. The molecule has 190 valence electrons. The lowest BCUT2D eigenvalue weighted by Crippen LogP contribution is -2.55. The molecule has 1 aromatic carbocycles. The number of anilines is 1. The zero-order valence-electron chi connectivity index (χ0n) is 20.9. The number of likely N-dealkylation sites (tertiary alicyclic amines) is 1. The Balaban J connectivity index is 1.36. The molecule has 0 spiro atoms. The number of nitrogens with zero attached hydrogens (tertiary/aromatic N) is 4. The maximum Gasteiger partial charge on any atom is 0.360 e. The van der Waals surface area contributed by atoms with Crippen molar-refractivity contribution in [3.63, 3.8) is 0 Å². The van der Waals surface area contributed by atoms with Gasteiger partial charge in [0.25, 0.3) is 0 Å². The van der Waals surface area contributed by atoms with Gasteiger partial charge in [0.1, 0.15) is 11.6 Å². The predicted molar refractivity (Wildman–Crippen MR) is 136 cm³/mol. The van der Waals surface area contributed by atoms with Crippen LogP contribution in [0.25, 0.3) is 10.8 Å². The first-order valence-corrected chi connectivity index (χ1v) is 12.8. The number of amides is 2. The minimum atomic E-state index is -0.477. The van der Waals surface area contributed by atoms with Crippen molar-refractivity contribution >= 4 is 28.6 Å². The van der Waals surface area contributed by atoms with E-state index in [1.165, 1.54) is 0 Å². The molecule has 2 amide bonds. The second kappa shape index (κ2) is 10.7. The number of benzene rings is 1. The fourth-order valence-electron chi connectivity index (χ4n) is 5.33. The molecule has 0 bridgehead atoms. The van der Waals surface area contributed by atoms with Crippen LogP contribution in [-0.4, -0.2) is 65.9 Å². The Hall–Kier alpha value is -3.46. The van der Waals surface area contributed by atoms with Crippen LogP contribution >= 0.6 is 0 Å². The van der Waals surface area contributed by atoms with Crippen LogP contribution in [0.2, 0.25) is 0 Å². The number of piperidine rings is 2. The van der Waals surface area contributed by atoms with E-state index in [4.69, 9.17) is 14.2 Å². The van der Waals surface area contributed by atoms with Crippen molar-refractivity contribution in [2.24, 2.45) is 0 Å². The van der Waals surface area contributed by atoms with E-state index in [1.54, 1.807) is 19.2 Å². The maximum absolute atomic E-state index is 14.0. The van der Waals surface area contributed by atoms with Crippen LogP contribution in [-0.2, 0) is 4.74 Å². The van der Waals surface area contributed by atoms with Gasteiger partial charge in [-0.15, -0.1) is 0 Å². The third-order valence-electron chi connectivity index (χ3n) is 7.23. The van der Waals surface area contributed by atoms with E-state index >= 15 is 0 Å². The fourth-order valence-corrected chi connectivity index (χ4v) is 5.33. The van der Waals surface area contributed by atoms with Crippen LogP contribution in [0.5, 0.6) is 0 Å². The lowest BCUT2D eigenvalue weighted by Gasteiger charge is -2.40. The molecule has 2 aliphatic rings. The molecular weight excluding hydrogens is 458 g/mol. The van der Waals surface area contributed by atoms with E-state index in [0.29, 0.717) is 25.5 Å². The normalized spacial score (nSPS) is 18.8. The molecule has 0 saturated carbocycles. The van der Waals surface area contributed by atoms with Crippen molar-refractivity contribution in [1.82, 2.24) is 20.4 Å². The van der Waals surface area contributed by atoms with Gasteiger partial charge >= 0.3 is 12.0 Å². The van der Waals surface area contributed by atoms with E-state index in [2.05, 4.69) is 29.5 Å². The Morgan fingerprint density at radius 1 is 1.22 bits per heavy atom. The molecule has 0 radical (unpaired) electrons. The number of urea groups is 1. The van der Waals surface area contributed by atoms with Gasteiger partial charge < -0.3 is 19.5 Å². The van der Waals surface area contributed by atoms with E-state index in [0.717, 1.165) is 60.9 Å². The summed E-state index contributed by atoms with van der Waals surface area (Å²) in [4.78, 5) is 34.6. The molecule has 1 N–H and O–H groups in total. The largest absolute Gasteiger partial charge is 0.461 e. The van der Waals surface area contributed by atoms with Crippen molar-refractivity contribution < 1.29 is 18.8 Å². The van der Waals surface area contributed by atoms with Crippen LogP contribution in [0.4, 0.5) is 10.6 Å². The quantitative estimate of drug-likeness (QED) is 0.532. The lowest BCUT2D eigenvalue weighted by atomic mass is 9.94. The van der Waals surface area contributed by atoms with Crippen molar-refractivity contribution in [1.29, 1.82) is 0 Å². The molecule has 0 unspecified atom stereocenters. The van der Waals surface area contributed by atoms with E-state index in [9.17, 15) is 9.59 Å². The molecule has 5 rings (SSSR count). The number of esters is 1. The number of carbonyl (C=O) groups is 2. The molecule has 36 heavy (non-hydrogen) atoms. The number of aryl methyl sites for hydroxylation is 1. The van der Waals surface area contributed by atoms with Crippen LogP contribution in [0.15, 0.2) is 41.1 Å². The first-order chi connectivity index (χ1) is 17.6. The minimum absolute atomic E-state index is 0.00446. The van der Waals surface area contributed by atoms with Gasteiger partial charge in [0.2, 0.25) is 0 Å². The summed E-state index contributed by atoms with van der Waals surface area (Å²) >= 11 is 0. The highest BCUT2D eigenvalue weighted by Crippen LogP contribution is 2.33. The van der Waals surface area contributed by atoms with Gasteiger partial charge in [-0.3, -0.25) is 4.90 Å². The van der Waals surface area contributed by atoms with Gasteiger partial charge in [-0.2, -0.15) is 0 Å². The summed E-state index contributed by atoms with van der Waals surface area (Å²) in [5, 5.41) is 9.45. The Morgan fingerprint density at radius 2 is 2.06 bits per heavy atom. The Kier molecular flexibility index (Phi) is 7.18. The van der Waals surface area contributed by atoms with Crippen molar-refractivity contribution in [2.75, 3.05) is 37.7 Å². The number of carbonyl (C=O) groups excluding carboxylic acids is 2. The smallest absolute Gasteiger partial charge is 0.360 e. The summed E-state index contributed by atoms with van der Waals surface area (Å²) in [5.74, 6) is 1.03. The third-order valence-corrected chi connectivity index (χ3v) is 7.23. The highest BCUT2D eigenvalue weighted by atomic mass is 16.5. The van der Waals surface area contributed by atoms with Crippen LogP contribution in [0, 0.1) is 6.92 Å². The third kappa shape index (κ3) is 4.80. The number of hydrogen-bond acceptors (Lipinski definition) is 7. The molecule has 2 aromatic heterocycles. The Morgan fingerprint density at radius 3 is 2.81 bits per heavy atom. The van der Waals surface area contributed by atoms with Crippen LogP contribution in [0.1, 0.15) is 60.3 Å². The summed E-state index contributed by atoms with van der Waals surface area (Å²) < 4.78 is 10.5. The van der Waals surface area contributed by atoms with Gasteiger partial charge in [-0.05, 0) is 63.1 Å². The Labute approximate surface area is 210 Å². The van der Waals surface area contributed by atoms with E-state index in [-0.39, 0.29) is 23.7 Å². The van der Waals surface area contributed by atoms with Crippen LogP contribution in [0.3, 0.4) is 0 Å². The molecule has 4 heterocycles. The molecule has 0 aliphatic carbocycles. The second-order valence-corrected chi connectivity index (χ2v) is 9.56. The number of hydrogen-bond donors (Lipinski definition) is 1. The molecule has 2 fully saturated rings. The fraction of sp³-hybridized carbons (Fsp3) is 0.481. The number of fused-ring (bicyclic) bond motifs is 1. The number of aromatic nitrogens is 2. The van der Waals surface area contributed by atoms with E-state index < -0.39 is 5.97 Å². The Bertz CT molecular complexity index is 1220. The summed E-state index contributed by atoms with van der Waals surface area (Å²) in [7, 11) is 0. The molecule has 2 saturated heterocycles. The standard InChI is InChI=1S/C27H33N5O4/c1-3-35-26(33)22-16-23(36-30-22)19-10-14-31(15-11-19)27(34)32(21-8-5-12-28-17-21)25-24-18(2)6-4-7-20(24)9-13-29-25/h4,6-7,9,13,16,19,21,28H,3,5,8,10-12,14-15,17H2,1-2H3/t21-/m1/s1. The lowest BCUT2D eigenvalue weighted by molar-refractivity contribution is 0.0514. The minimum Gasteiger partial charge on any atom is -0.461 e. The first-order valence-electron chi connectivity index (χ1n) is 12.8. The van der Waals surface area contributed by atoms with Gasteiger partial charge in [0, 0.05) is 43.2 Å². The van der Waals surface area contributed by atoms with Crippen LogP contribution < -0.4 is 10.2 Å². The summed E-state index contributed by atoms with van der Waals surface area (Å²) in [6.45, 7) is 7.03. The molecule has 1 atom stereocenters.